The van der Waals surface area contributed by atoms with Crippen LogP contribution in [0.3, 0.4) is 0 Å². The maximum absolute atomic E-state index is 12.1. The van der Waals surface area contributed by atoms with Gasteiger partial charge in [-0.25, -0.2) is 4.98 Å². The topological polar surface area (TPSA) is 68.0 Å². The van der Waals surface area contributed by atoms with Crippen molar-refractivity contribution in [3.05, 3.63) is 46.5 Å². The van der Waals surface area contributed by atoms with Gasteiger partial charge in [0, 0.05) is 24.8 Å². The number of carbonyl (C=O) groups excluding carboxylic acids is 1. The molecule has 0 unspecified atom stereocenters. The van der Waals surface area contributed by atoms with E-state index in [0.717, 1.165) is 25.0 Å². The van der Waals surface area contributed by atoms with Crippen LogP contribution in [0.2, 0.25) is 0 Å². The van der Waals surface area contributed by atoms with E-state index in [4.69, 9.17) is 5.73 Å². The number of carbonyl (C=O) groups is 1. The Morgan fingerprint density at radius 1 is 1.43 bits per heavy atom. The number of thiazole rings is 1. The van der Waals surface area contributed by atoms with Crippen LogP contribution in [0.15, 0.2) is 29.6 Å². The number of benzene rings is 1. The Labute approximate surface area is 128 Å². The molecule has 2 aromatic rings. The number of aryl methyl sites for hydroxylation is 1. The summed E-state index contributed by atoms with van der Waals surface area (Å²) in [7, 11) is 0. The van der Waals surface area contributed by atoms with Gasteiger partial charge in [-0.2, -0.15) is 0 Å². The monoisotopic (exact) mass is 301 g/mol. The lowest BCUT2D eigenvalue weighted by Crippen LogP contribution is -2.26. The van der Waals surface area contributed by atoms with Gasteiger partial charge in [0.15, 0.2) is 5.13 Å². The van der Waals surface area contributed by atoms with E-state index in [2.05, 4.69) is 34.6 Å². The van der Waals surface area contributed by atoms with Crippen molar-refractivity contribution in [1.82, 2.24) is 10.3 Å². The van der Waals surface area contributed by atoms with Gasteiger partial charge in [-0.05, 0) is 29.9 Å². The normalized spacial score (nSPS) is 16.7. The average Bonchev–Trinajstić information content (AvgIpc) is 3.06. The number of nitrogens with one attached hydrogen (secondary N) is 1. The van der Waals surface area contributed by atoms with Crippen molar-refractivity contribution in [1.29, 1.82) is 0 Å². The van der Waals surface area contributed by atoms with E-state index in [1.54, 1.807) is 0 Å². The highest BCUT2D eigenvalue weighted by atomic mass is 32.1. The molecule has 0 saturated heterocycles. The molecule has 4 nitrogen and oxygen atoms in total. The minimum absolute atomic E-state index is 0.125. The molecule has 1 aliphatic rings. The molecule has 0 radical (unpaired) electrons. The second-order valence-electron chi connectivity index (χ2n) is 5.42. The number of aromatic nitrogens is 1. The van der Waals surface area contributed by atoms with Crippen molar-refractivity contribution >= 4 is 22.4 Å². The number of nitrogen functional groups attached to an aromatic ring is 1. The highest BCUT2D eigenvalue weighted by Gasteiger charge is 2.23. The van der Waals surface area contributed by atoms with Crippen LogP contribution in [0.1, 0.15) is 35.6 Å². The predicted octanol–water partition coefficient (Wildman–Crippen LogP) is 2.50. The Morgan fingerprint density at radius 3 is 3.10 bits per heavy atom. The molecule has 1 amide bonds. The number of anilines is 1. The largest absolute Gasteiger partial charge is 0.375 e. The molecule has 0 bridgehead atoms. The van der Waals surface area contributed by atoms with Gasteiger partial charge in [-0.15, -0.1) is 11.3 Å². The molecule has 0 spiro atoms. The Kier molecular flexibility index (Phi) is 4.20. The lowest BCUT2D eigenvalue weighted by molar-refractivity contribution is -0.121. The molecule has 0 fully saturated rings. The minimum atomic E-state index is 0.125. The molecule has 110 valence electrons. The van der Waals surface area contributed by atoms with Gasteiger partial charge in [-0.3, -0.25) is 4.79 Å². The van der Waals surface area contributed by atoms with Crippen LogP contribution in [0.5, 0.6) is 0 Å². The van der Waals surface area contributed by atoms with Crippen molar-refractivity contribution in [3.63, 3.8) is 0 Å². The van der Waals surface area contributed by atoms with Crippen molar-refractivity contribution in [2.45, 2.75) is 31.6 Å². The van der Waals surface area contributed by atoms with E-state index < -0.39 is 0 Å². The standard InChI is InChI=1S/C16H19N3OS/c17-16-19-13(10-21-16)7-8-18-15(20)9-12-6-5-11-3-1-2-4-14(11)12/h1-4,10,12H,5-9H2,(H2,17,19)(H,18,20)/t12-/m0/s1. The van der Waals surface area contributed by atoms with E-state index in [-0.39, 0.29) is 5.91 Å². The average molecular weight is 301 g/mol. The quantitative estimate of drug-likeness (QED) is 0.891. The molecule has 0 aliphatic heterocycles. The van der Waals surface area contributed by atoms with Gasteiger partial charge in [-0.1, -0.05) is 24.3 Å². The Balaban J connectivity index is 1.47. The van der Waals surface area contributed by atoms with Crippen molar-refractivity contribution < 1.29 is 4.79 Å². The van der Waals surface area contributed by atoms with Gasteiger partial charge in [0.1, 0.15) is 0 Å². The van der Waals surface area contributed by atoms with Crippen molar-refractivity contribution in [2.24, 2.45) is 0 Å². The number of hydrogen-bond donors (Lipinski definition) is 2. The minimum Gasteiger partial charge on any atom is -0.375 e. The van der Waals surface area contributed by atoms with Crippen LogP contribution in [-0.4, -0.2) is 17.4 Å². The maximum Gasteiger partial charge on any atom is 0.220 e. The van der Waals surface area contributed by atoms with E-state index in [1.165, 1.54) is 22.5 Å². The van der Waals surface area contributed by atoms with E-state index in [0.29, 0.717) is 24.0 Å². The fourth-order valence-corrected chi connectivity index (χ4v) is 3.52. The third-order valence-corrected chi connectivity index (χ3v) is 4.68. The Hall–Kier alpha value is -1.88. The smallest absolute Gasteiger partial charge is 0.220 e. The van der Waals surface area contributed by atoms with Gasteiger partial charge < -0.3 is 11.1 Å². The first-order valence-electron chi connectivity index (χ1n) is 7.27. The van der Waals surface area contributed by atoms with Gasteiger partial charge in [0.05, 0.1) is 5.69 Å². The summed E-state index contributed by atoms with van der Waals surface area (Å²) >= 11 is 1.44. The summed E-state index contributed by atoms with van der Waals surface area (Å²) in [5, 5.41) is 5.50. The summed E-state index contributed by atoms with van der Waals surface area (Å²) in [4.78, 5) is 16.2. The third kappa shape index (κ3) is 3.42. The molecule has 3 rings (SSSR count). The number of fused-ring (bicyclic) bond motifs is 1. The second kappa shape index (κ2) is 6.26. The summed E-state index contributed by atoms with van der Waals surface area (Å²) in [6.07, 6.45) is 3.48. The molecule has 1 aliphatic carbocycles. The highest BCUT2D eigenvalue weighted by Crippen LogP contribution is 2.34. The summed E-state index contributed by atoms with van der Waals surface area (Å²) < 4.78 is 0. The zero-order valence-electron chi connectivity index (χ0n) is 11.8. The molecule has 1 atom stereocenters. The van der Waals surface area contributed by atoms with Crippen LogP contribution < -0.4 is 11.1 Å². The summed E-state index contributed by atoms with van der Waals surface area (Å²) in [6.45, 7) is 0.621. The zero-order chi connectivity index (χ0) is 14.7. The number of nitrogens with zero attached hydrogens (tertiary/aromatic N) is 1. The van der Waals surface area contributed by atoms with Gasteiger partial charge in [0.2, 0.25) is 5.91 Å². The highest BCUT2D eigenvalue weighted by molar-refractivity contribution is 7.13. The lowest BCUT2D eigenvalue weighted by atomic mass is 9.97. The van der Waals surface area contributed by atoms with Crippen LogP contribution in [0.4, 0.5) is 5.13 Å². The molecule has 1 heterocycles. The first-order chi connectivity index (χ1) is 10.2. The molecular formula is C16H19N3OS. The number of nitrogens with two attached hydrogens (primary N) is 1. The number of hydrogen-bond acceptors (Lipinski definition) is 4. The zero-order valence-corrected chi connectivity index (χ0v) is 12.7. The molecule has 3 N–H and O–H groups in total. The molecular weight excluding hydrogens is 282 g/mol. The van der Waals surface area contributed by atoms with Crippen molar-refractivity contribution in [2.75, 3.05) is 12.3 Å². The van der Waals surface area contributed by atoms with E-state index in [9.17, 15) is 4.79 Å². The number of amides is 1. The first-order valence-corrected chi connectivity index (χ1v) is 8.14. The fraction of sp³-hybridized carbons (Fsp3) is 0.375. The maximum atomic E-state index is 12.1. The van der Waals surface area contributed by atoms with Crippen LogP contribution in [0, 0.1) is 0 Å². The molecule has 1 aromatic heterocycles. The Morgan fingerprint density at radius 2 is 2.29 bits per heavy atom. The number of rotatable bonds is 5. The van der Waals surface area contributed by atoms with Gasteiger partial charge >= 0.3 is 0 Å². The first kappa shape index (κ1) is 14.1. The van der Waals surface area contributed by atoms with Gasteiger partial charge in [0.25, 0.3) is 0 Å². The SMILES string of the molecule is Nc1nc(CCNC(=O)C[C@@H]2CCc3ccccc32)cs1. The summed E-state index contributed by atoms with van der Waals surface area (Å²) in [6, 6.07) is 8.45. The summed E-state index contributed by atoms with van der Waals surface area (Å²) in [5.41, 5.74) is 9.28. The molecule has 1 aromatic carbocycles. The fourth-order valence-electron chi connectivity index (χ4n) is 2.92. The molecule has 0 saturated carbocycles. The second-order valence-corrected chi connectivity index (χ2v) is 6.31. The summed E-state index contributed by atoms with van der Waals surface area (Å²) in [5.74, 6) is 0.496. The lowest BCUT2D eigenvalue weighted by Gasteiger charge is -2.11. The van der Waals surface area contributed by atoms with E-state index >= 15 is 0 Å². The van der Waals surface area contributed by atoms with Crippen LogP contribution >= 0.6 is 11.3 Å². The van der Waals surface area contributed by atoms with Crippen LogP contribution in [-0.2, 0) is 17.6 Å². The Bertz CT molecular complexity index is 638. The predicted molar refractivity (Wildman–Crippen MR) is 85.4 cm³/mol. The third-order valence-electron chi connectivity index (χ3n) is 3.96. The van der Waals surface area contributed by atoms with E-state index in [1.807, 2.05) is 5.38 Å². The molecule has 21 heavy (non-hydrogen) atoms. The van der Waals surface area contributed by atoms with Crippen LogP contribution in [0.25, 0.3) is 0 Å². The molecule has 5 heteroatoms. The van der Waals surface area contributed by atoms with Crippen molar-refractivity contribution in [3.8, 4) is 0 Å².